The van der Waals surface area contributed by atoms with Gasteiger partial charge in [0.2, 0.25) is 4.77 Å². The largest absolute Gasteiger partial charge is 0.365 e. The number of para-hydroxylation sites is 2. The van der Waals surface area contributed by atoms with Crippen molar-refractivity contribution in [2.24, 2.45) is 0 Å². The summed E-state index contributed by atoms with van der Waals surface area (Å²) in [5.74, 6) is 0.585. The Morgan fingerprint density at radius 2 is 1.67 bits per heavy atom. The van der Waals surface area contributed by atoms with Crippen LogP contribution in [0.2, 0.25) is 5.02 Å². The molecule has 150 valence electrons. The Morgan fingerprint density at radius 1 is 1.00 bits per heavy atom. The summed E-state index contributed by atoms with van der Waals surface area (Å²) >= 11 is 11.8. The second-order valence-electron chi connectivity index (χ2n) is 6.38. The molecule has 0 unspecified atom stereocenters. The highest BCUT2D eigenvalue weighted by molar-refractivity contribution is 7.71. The molecule has 0 bridgehead atoms. The Labute approximate surface area is 182 Å². The highest BCUT2D eigenvalue weighted by atomic mass is 35.5. The summed E-state index contributed by atoms with van der Waals surface area (Å²) < 4.78 is 4.06. The molecular weight excluding hydrogens is 422 g/mol. The highest BCUT2D eigenvalue weighted by Gasteiger charge is 2.16. The number of nitrogens with zero attached hydrogens (tertiary/aromatic N) is 4. The summed E-state index contributed by atoms with van der Waals surface area (Å²) in [4.78, 5) is 15.1. The molecule has 0 atom stereocenters. The summed E-state index contributed by atoms with van der Waals surface area (Å²) in [5, 5.41) is 14.9. The van der Waals surface area contributed by atoms with Gasteiger partial charge in [-0.1, -0.05) is 41.9 Å². The van der Waals surface area contributed by atoms with E-state index in [4.69, 9.17) is 23.8 Å². The van der Waals surface area contributed by atoms with Crippen LogP contribution in [0.15, 0.2) is 78.9 Å². The molecule has 1 aromatic heterocycles. The molecule has 3 aromatic carbocycles. The van der Waals surface area contributed by atoms with E-state index in [1.165, 1.54) is 12.1 Å². The van der Waals surface area contributed by atoms with E-state index >= 15 is 0 Å². The fraction of sp³-hybridized carbons (Fsp3) is 0.0476. The second kappa shape index (κ2) is 8.48. The van der Waals surface area contributed by atoms with E-state index in [-0.39, 0.29) is 5.69 Å². The standard InChI is InChI=1S/C21H16ClN5O2S/c22-18-8-4-5-9-19(18)23-14-25-21(30)24-20(26(25)16-6-2-1-3-7-16)15-10-12-17(13-11-15)27(28)29/h1-13,23H,14H2. The van der Waals surface area contributed by atoms with Crippen molar-refractivity contribution < 1.29 is 4.92 Å². The van der Waals surface area contributed by atoms with Crippen molar-refractivity contribution in [3.63, 3.8) is 0 Å². The van der Waals surface area contributed by atoms with Gasteiger partial charge >= 0.3 is 0 Å². The third-order valence-electron chi connectivity index (χ3n) is 4.49. The van der Waals surface area contributed by atoms with E-state index in [0.29, 0.717) is 27.9 Å². The number of aromatic nitrogens is 3. The zero-order valence-corrected chi connectivity index (χ0v) is 17.2. The van der Waals surface area contributed by atoms with Crippen LogP contribution >= 0.6 is 23.8 Å². The Morgan fingerprint density at radius 3 is 2.33 bits per heavy atom. The molecule has 0 aliphatic carbocycles. The van der Waals surface area contributed by atoms with E-state index in [0.717, 1.165) is 11.4 Å². The van der Waals surface area contributed by atoms with Crippen LogP contribution < -0.4 is 5.32 Å². The van der Waals surface area contributed by atoms with E-state index in [2.05, 4.69) is 10.3 Å². The minimum Gasteiger partial charge on any atom is -0.365 e. The normalized spacial score (nSPS) is 10.7. The van der Waals surface area contributed by atoms with Crippen molar-refractivity contribution in [2.45, 2.75) is 6.67 Å². The lowest BCUT2D eigenvalue weighted by Gasteiger charge is -2.16. The van der Waals surface area contributed by atoms with Gasteiger partial charge in [0.1, 0.15) is 6.67 Å². The number of benzene rings is 3. The van der Waals surface area contributed by atoms with Gasteiger partial charge in [-0.2, -0.15) is 4.98 Å². The first-order valence-electron chi connectivity index (χ1n) is 9.03. The average molecular weight is 438 g/mol. The Hall–Kier alpha value is -3.49. The molecule has 0 saturated carbocycles. The third kappa shape index (κ3) is 3.96. The first-order chi connectivity index (χ1) is 14.5. The molecule has 0 fully saturated rings. The van der Waals surface area contributed by atoms with Crippen LogP contribution in [0.3, 0.4) is 0 Å². The van der Waals surface area contributed by atoms with Gasteiger partial charge < -0.3 is 5.32 Å². The predicted molar refractivity (Wildman–Crippen MR) is 120 cm³/mol. The zero-order valence-electron chi connectivity index (χ0n) is 15.6. The lowest BCUT2D eigenvalue weighted by Crippen LogP contribution is -2.17. The molecule has 30 heavy (non-hydrogen) atoms. The number of anilines is 1. The summed E-state index contributed by atoms with van der Waals surface area (Å²) in [6.45, 7) is 0.331. The Bertz CT molecular complexity index is 1250. The molecule has 1 heterocycles. The third-order valence-corrected chi connectivity index (χ3v) is 5.13. The van der Waals surface area contributed by atoms with E-state index in [1.54, 1.807) is 18.2 Å². The van der Waals surface area contributed by atoms with Gasteiger partial charge in [0.25, 0.3) is 5.69 Å². The average Bonchev–Trinajstić information content (AvgIpc) is 3.10. The maximum atomic E-state index is 11.0. The number of nitro benzene ring substituents is 1. The molecule has 4 rings (SSSR count). The topological polar surface area (TPSA) is 77.9 Å². The number of non-ortho nitro benzene ring substituents is 1. The summed E-state index contributed by atoms with van der Waals surface area (Å²) in [7, 11) is 0. The number of rotatable bonds is 6. The smallest absolute Gasteiger partial charge is 0.269 e. The van der Waals surface area contributed by atoms with Crippen LogP contribution in [0.1, 0.15) is 0 Å². The van der Waals surface area contributed by atoms with Gasteiger partial charge in [-0.25, -0.2) is 9.36 Å². The highest BCUT2D eigenvalue weighted by Crippen LogP contribution is 2.25. The van der Waals surface area contributed by atoms with E-state index < -0.39 is 4.92 Å². The van der Waals surface area contributed by atoms with Gasteiger partial charge in [-0.3, -0.25) is 10.1 Å². The molecular formula is C21H16ClN5O2S. The lowest BCUT2D eigenvalue weighted by molar-refractivity contribution is -0.384. The molecule has 9 heteroatoms. The molecule has 7 nitrogen and oxygen atoms in total. The van der Waals surface area contributed by atoms with Crippen molar-refractivity contribution in [3.8, 4) is 17.1 Å². The van der Waals surface area contributed by atoms with Crippen molar-refractivity contribution in [1.82, 2.24) is 14.3 Å². The second-order valence-corrected chi connectivity index (χ2v) is 7.16. The van der Waals surface area contributed by atoms with Crippen LogP contribution in [-0.2, 0) is 6.67 Å². The first kappa shape index (κ1) is 19.8. The minimum atomic E-state index is -0.431. The first-order valence-corrected chi connectivity index (χ1v) is 9.82. The molecule has 0 aliphatic rings. The molecule has 0 amide bonds. The Balaban J connectivity index is 1.79. The molecule has 0 spiro atoms. The number of nitro groups is 1. The molecule has 0 aliphatic heterocycles. The van der Waals surface area contributed by atoms with Crippen LogP contribution in [0, 0.1) is 14.9 Å². The minimum absolute atomic E-state index is 0.0171. The van der Waals surface area contributed by atoms with Crippen molar-refractivity contribution in [1.29, 1.82) is 0 Å². The monoisotopic (exact) mass is 437 g/mol. The van der Waals surface area contributed by atoms with Crippen molar-refractivity contribution >= 4 is 35.2 Å². The fourth-order valence-corrected chi connectivity index (χ4v) is 3.48. The van der Waals surface area contributed by atoms with E-state index in [1.807, 2.05) is 57.9 Å². The summed E-state index contributed by atoms with van der Waals surface area (Å²) in [5.41, 5.74) is 2.37. The number of hydrogen-bond donors (Lipinski definition) is 1. The van der Waals surface area contributed by atoms with Crippen molar-refractivity contribution in [2.75, 3.05) is 5.32 Å². The van der Waals surface area contributed by atoms with Crippen LogP contribution in [0.25, 0.3) is 17.1 Å². The van der Waals surface area contributed by atoms with Crippen LogP contribution in [0.4, 0.5) is 11.4 Å². The quantitative estimate of drug-likeness (QED) is 0.238. The SMILES string of the molecule is O=[N+]([O-])c1ccc(-c2nc(=S)n(CNc3ccccc3Cl)n2-c2ccccc2)cc1. The Kier molecular flexibility index (Phi) is 5.60. The molecule has 1 N–H and O–H groups in total. The molecule has 0 saturated heterocycles. The number of halogens is 1. The summed E-state index contributed by atoms with van der Waals surface area (Å²) in [6, 6.07) is 23.3. The number of nitrogens with one attached hydrogen (secondary N) is 1. The predicted octanol–water partition coefficient (Wildman–Crippen LogP) is 5.70. The number of hydrogen-bond acceptors (Lipinski definition) is 5. The van der Waals surface area contributed by atoms with Gasteiger partial charge in [0.15, 0.2) is 5.82 Å². The van der Waals surface area contributed by atoms with Gasteiger partial charge in [0.05, 0.1) is 21.3 Å². The summed E-state index contributed by atoms with van der Waals surface area (Å²) in [6.07, 6.45) is 0. The maximum absolute atomic E-state index is 11.0. The maximum Gasteiger partial charge on any atom is 0.269 e. The molecule has 4 aromatic rings. The van der Waals surface area contributed by atoms with Crippen molar-refractivity contribution in [3.05, 3.63) is 98.8 Å². The fourth-order valence-electron chi connectivity index (χ4n) is 3.05. The van der Waals surface area contributed by atoms with Gasteiger partial charge in [-0.05, 0) is 48.6 Å². The van der Waals surface area contributed by atoms with Crippen LogP contribution in [-0.4, -0.2) is 19.3 Å². The molecule has 0 radical (unpaired) electrons. The van der Waals surface area contributed by atoms with Crippen LogP contribution in [0.5, 0.6) is 0 Å². The van der Waals surface area contributed by atoms with Gasteiger partial charge in [0, 0.05) is 17.7 Å². The zero-order chi connectivity index (χ0) is 21.1. The lowest BCUT2D eigenvalue weighted by atomic mass is 10.2. The van der Waals surface area contributed by atoms with Gasteiger partial charge in [-0.15, -0.1) is 0 Å². The van der Waals surface area contributed by atoms with E-state index in [9.17, 15) is 10.1 Å².